The monoisotopic (exact) mass is 280 g/mol. The highest BCUT2D eigenvalue weighted by Gasteiger charge is 2.70. The average Bonchev–Trinajstić information content (AvgIpc) is 2.19. The third kappa shape index (κ3) is 1.78. The number of hydrogen-bond donors (Lipinski definition) is 3. The minimum atomic E-state index is -6.46. The molecule has 0 amide bonds. The lowest BCUT2D eigenvalue weighted by Gasteiger charge is -2.36. The van der Waals surface area contributed by atoms with Crippen LogP contribution in [0, 0.1) is 0 Å². The highest BCUT2D eigenvalue weighted by Crippen LogP contribution is 2.37. The standard InChI is InChI=1S/C6H7F3O7S/c7-6(8,9)17(14,15)5(13)3(11)2(10)1-16-4(5)12/h2-3,10-11,13H,1H2/t2-,3-,5-/m1/s1. The smallest absolute Gasteiger partial charge is 0.460 e. The third-order valence-electron chi connectivity index (χ3n) is 2.16. The highest BCUT2D eigenvalue weighted by atomic mass is 32.2. The molecular formula is C6H7F3O7S. The lowest BCUT2D eigenvalue weighted by atomic mass is 10.1. The van der Waals surface area contributed by atoms with Gasteiger partial charge in [-0.05, 0) is 0 Å². The van der Waals surface area contributed by atoms with Gasteiger partial charge in [0.15, 0.2) is 0 Å². The van der Waals surface area contributed by atoms with Crippen LogP contribution in [0.3, 0.4) is 0 Å². The van der Waals surface area contributed by atoms with E-state index in [2.05, 4.69) is 4.74 Å². The molecule has 1 heterocycles. The predicted octanol–water partition coefficient (Wildman–Crippen LogP) is -2.11. The number of carbonyl (C=O) groups excluding carboxylic acids is 1. The summed E-state index contributed by atoms with van der Waals surface area (Å²) in [5.74, 6) is -2.19. The molecule has 0 aromatic rings. The molecule has 11 heteroatoms. The van der Waals surface area contributed by atoms with E-state index in [1.54, 1.807) is 0 Å². The van der Waals surface area contributed by atoms with Crippen molar-refractivity contribution in [1.82, 2.24) is 0 Å². The molecule has 0 unspecified atom stereocenters. The zero-order chi connectivity index (χ0) is 13.6. The molecule has 1 aliphatic heterocycles. The van der Waals surface area contributed by atoms with Crippen LogP contribution in [0.5, 0.6) is 0 Å². The Morgan fingerprint density at radius 1 is 1.35 bits per heavy atom. The first-order chi connectivity index (χ1) is 7.46. The van der Waals surface area contributed by atoms with E-state index in [0.717, 1.165) is 0 Å². The van der Waals surface area contributed by atoms with Gasteiger partial charge in [-0.1, -0.05) is 0 Å². The van der Waals surface area contributed by atoms with Gasteiger partial charge in [-0.2, -0.15) is 13.2 Å². The number of aliphatic hydroxyl groups excluding tert-OH is 2. The fourth-order valence-electron chi connectivity index (χ4n) is 1.18. The van der Waals surface area contributed by atoms with E-state index in [9.17, 15) is 31.5 Å². The second-order valence-corrected chi connectivity index (χ2v) is 5.35. The molecule has 3 atom stereocenters. The predicted molar refractivity (Wildman–Crippen MR) is 42.9 cm³/mol. The Kier molecular flexibility index (Phi) is 3.16. The molecule has 1 saturated heterocycles. The first-order valence-electron chi connectivity index (χ1n) is 4.03. The van der Waals surface area contributed by atoms with Crippen molar-refractivity contribution in [2.45, 2.75) is 22.6 Å². The van der Waals surface area contributed by atoms with Crippen molar-refractivity contribution in [1.29, 1.82) is 0 Å². The molecule has 1 fully saturated rings. The Labute approximate surface area is 92.3 Å². The Bertz CT molecular complexity index is 429. The maximum absolute atomic E-state index is 12.2. The number of hydrogen-bond acceptors (Lipinski definition) is 7. The second-order valence-electron chi connectivity index (χ2n) is 3.26. The van der Waals surface area contributed by atoms with Crippen LogP contribution >= 0.6 is 0 Å². The van der Waals surface area contributed by atoms with Gasteiger partial charge in [0.1, 0.15) is 18.8 Å². The van der Waals surface area contributed by atoms with Gasteiger partial charge in [-0.25, -0.2) is 13.2 Å². The minimum absolute atomic E-state index is 0.921. The van der Waals surface area contributed by atoms with Crippen molar-refractivity contribution >= 4 is 15.8 Å². The summed E-state index contributed by atoms with van der Waals surface area (Å²) < 4.78 is 62.3. The number of ether oxygens (including phenoxy) is 1. The van der Waals surface area contributed by atoms with Crippen LogP contribution in [-0.4, -0.2) is 59.0 Å². The van der Waals surface area contributed by atoms with Gasteiger partial charge in [0.05, 0.1) is 0 Å². The first-order valence-corrected chi connectivity index (χ1v) is 5.51. The molecule has 0 aromatic carbocycles. The van der Waals surface area contributed by atoms with Crippen molar-refractivity contribution in [2.75, 3.05) is 6.61 Å². The van der Waals surface area contributed by atoms with E-state index in [1.165, 1.54) is 0 Å². The number of esters is 1. The van der Waals surface area contributed by atoms with E-state index in [0.29, 0.717) is 0 Å². The number of aliphatic hydroxyl groups is 3. The highest BCUT2D eigenvalue weighted by molar-refractivity contribution is 7.94. The van der Waals surface area contributed by atoms with E-state index in [-0.39, 0.29) is 0 Å². The number of carbonyl (C=O) groups is 1. The largest absolute Gasteiger partial charge is 0.500 e. The maximum Gasteiger partial charge on any atom is 0.500 e. The van der Waals surface area contributed by atoms with Gasteiger partial charge in [-0.3, -0.25) is 0 Å². The van der Waals surface area contributed by atoms with E-state index in [4.69, 9.17) is 10.2 Å². The Hall–Kier alpha value is -0.910. The minimum Gasteiger partial charge on any atom is -0.460 e. The Morgan fingerprint density at radius 3 is 2.24 bits per heavy atom. The molecule has 100 valence electrons. The quantitative estimate of drug-likeness (QED) is 0.470. The lowest BCUT2D eigenvalue weighted by Crippen LogP contribution is -2.67. The van der Waals surface area contributed by atoms with Crippen LogP contribution in [0.4, 0.5) is 13.2 Å². The summed E-state index contributed by atoms with van der Waals surface area (Å²) in [7, 11) is -6.46. The third-order valence-corrected chi connectivity index (χ3v) is 3.99. The zero-order valence-electron chi connectivity index (χ0n) is 7.88. The summed E-state index contributed by atoms with van der Waals surface area (Å²) in [5.41, 5.74) is -5.99. The number of rotatable bonds is 1. The van der Waals surface area contributed by atoms with Gasteiger partial charge in [-0.15, -0.1) is 0 Å². The topological polar surface area (TPSA) is 121 Å². The van der Waals surface area contributed by atoms with Crippen molar-refractivity contribution in [3.63, 3.8) is 0 Å². The van der Waals surface area contributed by atoms with Gasteiger partial charge in [0.25, 0.3) is 9.84 Å². The van der Waals surface area contributed by atoms with Gasteiger partial charge >= 0.3 is 16.4 Å². The van der Waals surface area contributed by atoms with Crippen molar-refractivity contribution in [2.24, 2.45) is 0 Å². The summed E-state index contributed by atoms with van der Waals surface area (Å²) >= 11 is 0. The molecule has 0 radical (unpaired) electrons. The molecule has 0 aromatic heterocycles. The summed E-state index contributed by atoms with van der Waals surface area (Å²) in [6.45, 7) is -0.921. The number of cyclic esters (lactones) is 1. The van der Waals surface area contributed by atoms with Crippen LogP contribution in [-0.2, 0) is 19.4 Å². The summed E-state index contributed by atoms with van der Waals surface area (Å²) in [6.07, 6.45) is -5.00. The van der Waals surface area contributed by atoms with E-state index in [1.807, 2.05) is 0 Å². The SMILES string of the molecule is O=C1OC[C@@H](O)[C@@H](O)[C@@]1(O)S(=O)(=O)C(F)(F)F. The molecule has 1 rings (SSSR count). The Morgan fingerprint density at radius 2 is 1.82 bits per heavy atom. The summed E-state index contributed by atoms with van der Waals surface area (Å²) in [6, 6.07) is 0. The zero-order valence-corrected chi connectivity index (χ0v) is 8.70. The van der Waals surface area contributed by atoms with Gasteiger partial charge < -0.3 is 20.1 Å². The fraction of sp³-hybridized carbons (Fsp3) is 0.833. The maximum atomic E-state index is 12.2. The molecule has 7 nitrogen and oxygen atoms in total. The molecule has 0 aliphatic carbocycles. The molecule has 1 aliphatic rings. The summed E-state index contributed by atoms with van der Waals surface area (Å²) in [4.78, 5) is 6.68. The van der Waals surface area contributed by atoms with Gasteiger partial charge in [0, 0.05) is 0 Å². The fourth-order valence-corrected chi connectivity index (χ4v) is 2.29. The van der Waals surface area contributed by atoms with Crippen LogP contribution in [0.25, 0.3) is 0 Å². The van der Waals surface area contributed by atoms with Crippen molar-refractivity contribution < 1.29 is 46.4 Å². The normalized spacial score (nSPS) is 35.5. The van der Waals surface area contributed by atoms with E-state index < -0.39 is 45.1 Å². The Balaban J connectivity index is 3.38. The molecule has 0 saturated carbocycles. The molecule has 17 heavy (non-hydrogen) atoms. The molecule has 0 spiro atoms. The van der Waals surface area contributed by atoms with Crippen molar-refractivity contribution in [3.8, 4) is 0 Å². The van der Waals surface area contributed by atoms with Crippen molar-refractivity contribution in [3.05, 3.63) is 0 Å². The van der Waals surface area contributed by atoms with Gasteiger partial charge in [0.2, 0.25) is 0 Å². The number of sulfone groups is 1. The van der Waals surface area contributed by atoms with E-state index >= 15 is 0 Å². The number of alkyl halides is 3. The summed E-state index contributed by atoms with van der Waals surface area (Å²) in [5, 5.41) is 27.3. The molecular weight excluding hydrogens is 273 g/mol. The first kappa shape index (κ1) is 14.2. The molecule has 0 bridgehead atoms. The van der Waals surface area contributed by atoms with Crippen LogP contribution in [0.15, 0.2) is 0 Å². The second kappa shape index (κ2) is 3.80. The van der Waals surface area contributed by atoms with Crippen LogP contribution < -0.4 is 0 Å². The number of halogens is 3. The lowest BCUT2D eigenvalue weighted by molar-refractivity contribution is -0.196. The van der Waals surface area contributed by atoms with Crippen LogP contribution in [0.2, 0.25) is 0 Å². The average molecular weight is 280 g/mol. The van der Waals surface area contributed by atoms with Crippen LogP contribution in [0.1, 0.15) is 0 Å². The molecule has 3 N–H and O–H groups in total.